The molecule has 0 bridgehead atoms. The van der Waals surface area contributed by atoms with Crippen molar-refractivity contribution in [2.75, 3.05) is 0 Å². The Morgan fingerprint density at radius 1 is 0.972 bits per heavy atom. The summed E-state index contributed by atoms with van der Waals surface area (Å²) in [5.41, 5.74) is 4.56. The van der Waals surface area contributed by atoms with Crippen LogP contribution >= 0.6 is 0 Å². The summed E-state index contributed by atoms with van der Waals surface area (Å²) in [6.07, 6.45) is 8.88. The smallest absolute Gasteiger partial charge is 0.193 e. The van der Waals surface area contributed by atoms with Gasteiger partial charge in [0, 0.05) is 23.7 Å². The van der Waals surface area contributed by atoms with Crippen molar-refractivity contribution >= 4 is 14.1 Å². The van der Waals surface area contributed by atoms with Crippen LogP contribution in [0.3, 0.4) is 0 Å². The van der Waals surface area contributed by atoms with Crippen LogP contribution in [-0.2, 0) is 9.22 Å². The van der Waals surface area contributed by atoms with Gasteiger partial charge in [-0.2, -0.15) is 0 Å². The van der Waals surface area contributed by atoms with Gasteiger partial charge in [0.25, 0.3) is 0 Å². The van der Waals surface area contributed by atoms with E-state index in [1.54, 1.807) is 0 Å². The van der Waals surface area contributed by atoms with Crippen LogP contribution in [0.1, 0.15) is 83.1 Å². The molecular formula is C32H43NO2Si. The molecule has 0 fully saturated rings. The summed E-state index contributed by atoms with van der Waals surface area (Å²) in [5, 5.41) is 0.0805. The van der Waals surface area contributed by atoms with Crippen LogP contribution in [0, 0.1) is 0 Å². The van der Waals surface area contributed by atoms with Gasteiger partial charge in [0.1, 0.15) is 0 Å². The standard InChI is InChI=1S/C32H43NO2Si/c1-7-15-26-22-23-27-28(20-14-21-29(27)34)33(26)30(24-16-10-8-11-17-24)31(25-18-12-9-13-19-25)35-36(5,6)32(2,3)4/h8-13,16-19,22-23,26,30-31H,7,14-15,20-21H2,1-6H3/t26-,30-,31+/m0/s1. The molecule has 1 heterocycles. The first-order chi connectivity index (χ1) is 17.1. The molecule has 36 heavy (non-hydrogen) atoms. The highest BCUT2D eigenvalue weighted by Gasteiger charge is 2.45. The second kappa shape index (κ2) is 10.9. The Bertz CT molecular complexity index is 1100. The lowest BCUT2D eigenvalue weighted by molar-refractivity contribution is -0.116. The van der Waals surface area contributed by atoms with E-state index < -0.39 is 8.32 Å². The second-order valence-corrected chi connectivity index (χ2v) is 16.6. The van der Waals surface area contributed by atoms with Gasteiger partial charge in [0.2, 0.25) is 0 Å². The fraction of sp³-hybridized carbons (Fsp3) is 0.469. The lowest BCUT2D eigenvalue weighted by atomic mass is 9.85. The molecule has 0 N–H and O–H groups in total. The highest BCUT2D eigenvalue weighted by atomic mass is 28.4. The highest BCUT2D eigenvalue weighted by molar-refractivity contribution is 6.74. The van der Waals surface area contributed by atoms with Crippen molar-refractivity contribution in [1.29, 1.82) is 0 Å². The Morgan fingerprint density at radius 2 is 1.58 bits per heavy atom. The van der Waals surface area contributed by atoms with Gasteiger partial charge in [-0.25, -0.2) is 0 Å². The lowest BCUT2D eigenvalue weighted by Gasteiger charge is -2.49. The van der Waals surface area contributed by atoms with Gasteiger partial charge in [-0.05, 0) is 48.5 Å². The highest BCUT2D eigenvalue weighted by Crippen LogP contribution is 2.49. The third-order valence-corrected chi connectivity index (χ3v) is 12.7. The van der Waals surface area contributed by atoms with Gasteiger partial charge in [0.05, 0.1) is 12.1 Å². The number of hydrogen-bond acceptors (Lipinski definition) is 3. The fourth-order valence-corrected chi connectivity index (χ4v) is 6.55. The average Bonchev–Trinajstić information content (AvgIpc) is 2.85. The Labute approximate surface area is 219 Å². The number of hydrogen-bond donors (Lipinski definition) is 0. The minimum atomic E-state index is -2.14. The lowest BCUT2D eigenvalue weighted by Crippen LogP contribution is -2.47. The van der Waals surface area contributed by atoms with Crippen molar-refractivity contribution in [3.05, 3.63) is 95.2 Å². The quantitative estimate of drug-likeness (QED) is 0.339. The number of nitrogens with zero attached hydrogens (tertiary/aromatic N) is 1. The molecule has 2 aromatic rings. The van der Waals surface area contributed by atoms with E-state index in [1.807, 2.05) is 0 Å². The molecule has 3 atom stereocenters. The van der Waals surface area contributed by atoms with Gasteiger partial charge < -0.3 is 9.33 Å². The van der Waals surface area contributed by atoms with E-state index in [0.717, 1.165) is 31.3 Å². The molecule has 0 saturated carbocycles. The molecule has 2 aromatic carbocycles. The summed E-state index contributed by atoms with van der Waals surface area (Å²) in [4.78, 5) is 15.6. The summed E-state index contributed by atoms with van der Waals surface area (Å²) in [7, 11) is -2.14. The molecule has 0 saturated heterocycles. The third-order valence-electron chi connectivity index (χ3n) is 8.25. The maximum absolute atomic E-state index is 13.0. The normalized spacial score (nSPS) is 20.3. The van der Waals surface area contributed by atoms with E-state index in [2.05, 4.69) is 119 Å². The van der Waals surface area contributed by atoms with Gasteiger partial charge in [0.15, 0.2) is 14.1 Å². The maximum atomic E-state index is 13.0. The zero-order chi connectivity index (χ0) is 25.9. The van der Waals surface area contributed by atoms with E-state index in [1.165, 1.54) is 16.8 Å². The zero-order valence-corrected chi connectivity index (χ0v) is 24.0. The number of benzene rings is 2. The molecule has 0 radical (unpaired) electrons. The molecule has 4 heteroatoms. The van der Waals surface area contributed by atoms with Crippen molar-refractivity contribution in [3.8, 4) is 0 Å². The predicted octanol–water partition coefficient (Wildman–Crippen LogP) is 8.54. The summed E-state index contributed by atoms with van der Waals surface area (Å²) in [6, 6.07) is 21.8. The van der Waals surface area contributed by atoms with E-state index in [9.17, 15) is 4.79 Å². The molecular weight excluding hydrogens is 458 g/mol. The molecule has 0 amide bonds. The van der Waals surface area contributed by atoms with Crippen LogP contribution in [0.15, 0.2) is 84.1 Å². The molecule has 3 nitrogen and oxygen atoms in total. The third kappa shape index (κ3) is 5.45. The maximum Gasteiger partial charge on any atom is 0.193 e. The minimum absolute atomic E-state index is 0.0277. The molecule has 4 rings (SSSR count). The van der Waals surface area contributed by atoms with E-state index in [4.69, 9.17) is 4.43 Å². The first-order valence-corrected chi connectivity index (χ1v) is 16.6. The monoisotopic (exact) mass is 501 g/mol. The fourth-order valence-electron chi connectivity index (χ4n) is 5.29. The van der Waals surface area contributed by atoms with Crippen LogP contribution in [0.5, 0.6) is 0 Å². The number of allylic oxidation sites excluding steroid dienone is 3. The minimum Gasteiger partial charge on any atom is -0.407 e. The summed E-state index contributed by atoms with van der Waals surface area (Å²) >= 11 is 0. The number of ketones is 1. The summed E-state index contributed by atoms with van der Waals surface area (Å²) < 4.78 is 7.36. The average molecular weight is 502 g/mol. The Kier molecular flexibility index (Phi) is 8.06. The van der Waals surface area contributed by atoms with Crippen LogP contribution in [-0.4, -0.2) is 25.0 Å². The van der Waals surface area contributed by atoms with Crippen LogP contribution in [0.4, 0.5) is 0 Å². The van der Waals surface area contributed by atoms with Gasteiger partial charge in [-0.3, -0.25) is 4.79 Å². The van der Waals surface area contributed by atoms with Crippen molar-refractivity contribution < 1.29 is 9.22 Å². The molecule has 1 aliphatic heterocycles. The molecule has 0 unspecified atom stereocenters. The van der Waals surface area contributed by atoms with Crippen LogP contribution < -0.4 is 0 Å². The first-order valence-electron chi connectivity index (χ1n) is 13.6. The predicted molar refractivity (Wildman–Crippen MR) is 152 cm³/mol. The Hall–Kier alpha value is -2.43. The van der Waals surface area contributed by atoms with E-state index in [-0.39, 0.29) is 29.0 Å². The zero-order valence-electron chi connectivity index (χ0n) is 23.0. The van der Waals surface area contributed by atoms with Crippen LogP contribution in [0.2, 0.25) is 18.1 Å². The van der Waals surface area contributed by atoms with Crippen molar-refractivity contribution in [1.82, 2.24) is 4.90 Å². The van der Waals surface area contributed by atoms with E-state index in [0.29, 0.717) is 6.42 Å². The SMILES string of the molecule is CCC[C@H]1C=CC2=C(CCCC2=O)N1[C@@H](c1ccccc1)[C@H](O[Si](C)(C)C(C)(C)C)c1ccccc1. The molecule has 2 aliphatic rings. The largest absolute Gasteiger partial charge is 0.407 e. The first kappa shape index (κ1) is 26.6. The van der Waals surface area contributed by atoms with Crippen molar-refractivity contribution in [3.63, 3.8) is 0 Å². The second-order valence-electron chi connectivity index (χ2n) is 11.8. The topological polar surface area (TPSA) is 29.5 Å². The Morgan fingerprint density at radius 3 is 2.17 bits per heavy atom. The summed E-state index contributed by atoms with van der Waals surface area (Å²) in [6.45, 7) is 13.9. The van der Waals surface area contributed by atoms with Gasteiger partial charge in [-0.1, -0.05) is 107 Å². The number of carbonyl (C=O) groups is 1. The van der Waals surface area contributed by atoms with E-state index >= 15 is 0 Å². The molecule has 192 valence electrons. The van der Waals surface area contributed by atoms with Gasteiger partial charge in [-0.15, -0.1) is 0 Å². The number of rotatable bonds is 8. The molecule has 1 aliphatic carbocycles. The molecule has 0 aromatic heterocycles. The van der Waals surface area contributed by atoms with Crippen molar-refractivity contribution in [2.45, 2.75) is 96.1 Å². The number of Topliss-reactive ketones (excluding diaryl/α,β-unsaturated/α-hetero) is 1. The summed E-state index contributed by atoms with van der Waals surface area (Å²) in [5.74, 6) is 0.279. The van der Waals surface area contributed by atoms with Crippen molar-refractivity contribution in [2.24, 2.45) is 0 Å². The number of carbonyl (C=O) groups excluding carboxylic acids is 1. The van der Waals surface area contributed by atoms with Gasteiger partial charge >= 0.3 is 0 Å². The molecule has 0 spiro atoms. The Balaban J connectivity index is 1.93. The van der Waals surface area contributed by atoms with Crippen LogP contribution in [0.25, 0.3) is 0 Å².